The van der Waals surface area contributed by atoms with Gasteiger partial charge in [-0.1, -0.05) is 108 Å². The van der Waals surface area contributed by atoms with Gasteiger partial charge in [0.05, 0.1) is 7.11 Å². The molecule has 0 aromatic heterocycles. The summed E-state index contributed by atoms with van der Waals surface area (Å²) in [6.07, 6.45) is 17.9. The van der Waals surface area contributed by atoms with E-state index < -0.39 is 6.04 Å². The van der Waals surface area contributed by atoms with E-state index in [-0.39, 0.29) is 11.9 Å². The van der Waals surface area contributed by atoms with E-state index in [2.05, 4.69) is 6.92 Å². The Labute approximate surface area is 189 Å². The number of unbranched alkanes of at least 4 members (excludes halogenated alkanes) is 12. The fourth-order valence-electron chi connectivity index (χ4n) is 4.57. The van der Waals surface area contributed by atoms with E-state index in [1.165, 1.54) is 77.7 Å². The van der Waals surface area contributed by atoms with Crippen LogP contribution in [-0.2, 0) is 27.3 Å². The zero-order chi connectivity index (χ0) is 22.3. The van der Waals surface area contributed by atoms with Gasteiger partial charge in [-0.25, -0.2) is 4.79 Å². The second-order valence-corrected chi connectivity index (χ2v) is 9.03. The van der Waals surface area contributed by atoms with Gasteiger partial charge in [0.2, 0.25) is 5.91 Å². The predicted octanol–water partition coefficient (Wildman–Crippen LogP) is 6.59. The first-order chi connectivity index (χ1) is 15.2. The number of amides is 1. The van der Waals surface area contributed by atoms with Gasteiger partial charge in [0, 0.05) is 19.4 Å². The Bertz CT molecular complexity index is 658. The molecule has 0 radical (unpaired) electrons. The van der Waals surface area contributed by atoms with Crippen LogP contribution in [0.5, 0.6) is 0 Å². The van der Waals surface area contributed by atoms with Gasteiger partial charge in [0.25, 0.3) is 0 Å². The molecule has 0 saturated heterocycles. The van der Waals surface area contributed by atoms with Gasteiger partial charge in [-0.15, -0.1) is 0 Å². The molecule has 174 valence electrons. The van der Waals surface area contributed by atoms with Crippen molar-refractivity contribution in [3.05, 3.63) is 35.4 Å². The number of hydrogen-bond acceptors (Lipinski definition) is 3. The third-order valence-electron chi connectivity index (χ3n) is 6.54. The molecule has 4 nitrogen and oxygen atoms in total. The summed E-state index contributed by atoms with van der Waals surface area (Å²) < 4.78 is 4.97. The van der Waals surface area contributed by atoms with Crippen LogP contribution in [0.25, 0.3) is 0 Å². The minimum atomic E-state index is -0.491. The molecule has 1 amide bonds. The minimum Gasteiger partial charge on any atom is -0.467 e. The summed E-state index contributed by atoms with van der Waals surface area (Å²) in [6.45, 7) is 2.77. The molecule has 4 heteroatoms. The van der Waals surface area contributed by atoms with Crippen molar-refractivity contribution < 1.29 is 14.3 Å². The first kappa shape index (κ1) is 25.4. The molecule has 0 saturated carbocycles. The lowest BCUT2D eigenvalue weighted by atomic mass is 9.93. The number of nitrogens with zero attached hydrogens (tertiary/aromatic N) is 1. The molecule has 0 bridgehead atoms. The van der Waals surface area contributed by atoms with Gasteiger partial charge in [0.15, 0.2) is 0 Å². The van der Waals surface area contributed by atoms with Crippen LogP contribution in [0.4, 0.5) is 0 Å². The predicted molar refractivity (Wildman–Crippen MR) is 127 cm³/mol. The first-order valence-electron chi connectivity index (χ1n) is 12.6. The number of benzene rings is 1. The number of carbonyl (C=O) groups is 2. The Balaban J connectivity index is 1.59. The van der Waals surface area contributed by atoms with Crippen LogP contribution in [0.1, 0.15) is 108 Å². The Morgan fingerprint density at radius 3 is 1.90 bits per heavy atom. The summed E-state index contributed by atoms with van der Waals surface area (Å²) >= 11 is 0. The molecule has 1 aliphatic rings. The Morgan fingerprint density at radius 2 is 1.35 bits per heavy atom. The lowest BCUT2D eigenvalue weighted by Crippen LogP contribution is -2.49. The standard InChI is InChI=1S/C27H43NO3/c1-3-4-5-6-7-8-9-10-11-12-13-14-15-20-26(29)28-22-24-19-17-16-18-23(24)21-25(28)27(30)31-2/h16-19,25H,3-15,20-22H2,1-2H3. The third kappa shape index (κ3) is 9.04. The van der Waals surface area contributed by atoms with E-state index in [4.69, 9.17) is 4.74 Å². The molecule has 1 aliphatic heterocycles. The summed E-state index contributed by atoms with van der Waals surface area (Å²) in [5.74, 6) is -0.235. The van der Waals surface area contributed by atoms with Crippen molar-refractivity contribution in [2.24, 2.45) is 0 Å². The maximum atomic E-state index is 12.9. The highest BCUT2D eigenvalue weighted by Crippen LogP contribution is 2.25. The summed E-state index contributed by atoms with van der Waals surface area (Å²) in [7, 11) is 1.40. The highest BCUT2D eigenvalue weighted by molar-refractivity contribution is 5.85. The molecule has 0 fully saturated rings. The fourth-order valence-corrected chi connectivity index (χ4v) is 4.57. The maximum absolute atomic E-state index is 12.9. The second-order valence-electron chi connectivity index (χ2n) is 9.03. The lowest BCUT2D eigenvalue weighted by Gasteiger charge is -2.35. The molecule has 0 aliphatic carbocycles. The van der Waals surface area contributed by atoms with Crippen molar-refractivity contribution in [3.63, 3.8) is 0 Å². The smallest absolute Gasteiger partial charge is 0.328 e. The van der Waals surface area contributed by atoms with Gasteiger partial charge in [-0.3, -0.25) is 4.79 Å². The van der Waals surface area contributed by atoms with Crippen LogP contribution >= 0.6 is 0 Å². The van der Waals surface area contributed by atoms with Crippen molar-refractivity contribution in [3.8, 4) is 0 Å². The molecule has 1 heterocycles. The molecule has 1 unspecified atom stereocenters. The number of ether oxygens (including phenoxy) is 1. The van der Waals surface area contributed by atoms with Gasteiger partial charge in [-0.05, 0) is 17.5 Å². The SMILES string of the molecule is CCCCCCCCCCCCCCCC(=O)N1Cc2ccccc2CC1C(=O)OC. The molecular weight excluding hydrogens is 386 g/mol. The molecule has 2 rings (SSSR count). The molecular formula is C27H43NO3. The summed E-state index contributed by atoms with van der Waals surface area (Å²) in [4.78, 5) is 26.9. The fraction of sp³-hybridized carbons (Fsp3) is 0.704. The minimum absolute atomic E-state index is 0.0768. The van der Waals surface area contributed by atoms with E-state index in [0.717, 1.165) is 24.0 Å². The first-order valence-corrected chi connectivity index (χ1v) is 12.6. The molecule has 0 spiro atoms. The van der Waals surface area contributed by atoms with E-state index in [1.54, 1.807) is 4.90 Å². The van der Waals surface area contributed by atoms with Gasteiger partial charge >= 0.3 is 5.97 Å². The van der Waals surface area contributed by atoms with E-state index in [0.29, 0.717) is 19.4 Å². The highest BCUT2D eigenvalue weighted by atomic mass is 16.5. The van der Waals surface area contributed by atoms with Crippen molar-refractivity contribution in [2.45, 2.75) is 116 Å². The van der Waals surface area contributed by atoms with Gasteiger partial charge < -0.3 is 9.64 Å². The van der Waals surface area contributed by atoms with Crippen LogP contribution < -0.4 is 0 Å². The summed E-state index contributed by atoms with van der Waals surface area (Å²) in [5, 5.41) is 0. The number of rotatable bonds is 15. The molecule has 31 heavy (non-hydrogen) atoms. The normalized spacial score (nSPS) is 15.5. The Morgan fingerprint density at radius 1 is 0.839 bits per heavy atom. The molecule has 0 N–H and O–H groups in total. The van der Waals surface area contributed by atoms with Gasteiger partial charge in [-0.2, -0.15) is 0 Å². The number of hydrogen-bond donors (Lipinski definition) is 0. The third-order valence-corrected chi connectivity index (χ3v) is 6.54. The maximum Gasteiger partial charge on any atom is 0.328 e. The van der Waals surface area contributed by atoms with Crippen molar-refractivity contribution >= 4 is 11.9 Å². The van der Waals surface area contributed by atoms with Crippen LogP contribution in [0.3, 0.4) is 0 Å². The molecule has 1 aromatic carbocycles. The van der Waals surface area contributed by atoms with E-state index >= 15 is 0 Å². The molecule has 1 atom stereocenters. The summed E-state index contributed by atoms with van der Waals surface area (Å²) in [6, 6.07) is 7.58. The van der Waals surface area contributed by atoms with Gasteiger partial charge in [0.1, 0.15) is 6.04 Å². The number of esters is 1. The number of methoxy groups -OCH3 is 1. The zero-order valence-electron chi connectivity index (χ0n) is 19.9. The largest absolute Gasteiger partial charge is 0.467 e. The highest BCUT2D eigenvalue weighted by Gasteiger charge is 2.34. The average Bonchev–Trinajstić information content (AvgIpc) is 2.80. The monoisotopic (exact) mass is 429 g/mol. The Kier molecular flexibility index (Phi) is 12.3. The Hall–Kier alpha value is -1.84. The molecule has 1 aromatic rings. The van der Waals surface area contributed by atoms with Crippen molar-refractivity contribution in [2.75, 3.05) is 7.11 Å². The van der Waals surface area contributed by atoms with Crippen molar-refractivity contribution in [1.29, 1.82) is 0 Å². The second kappa shape index (κ2) is 15.0. The lowest BCUT2D eigenvalue weighted by molar-refractivity contribution is -0.154. The van der Waals surface area contributed by atoms with E-state index in [1.807, 2.05) is 24.3 Å². The van der Waals surface area contributed by atoms with Crippen molar-refractivity contribution in [1.82, 2.24) is 4.90 Å². The number of carbonyl (C=O) groups excluding carboxylic acids is 2. The number of fused-ring (bicyclic) bond motifs is 1. The summed E-state index contributed by atoms with van der Waals surface area (Å²) in [5.41, 5.74) is 2.28. The quantitative estimate of drug-likeness (QED) is 0.233. The topological polar surface area (TPSA) is 46.6 Å². The van der Waals surface area contributed by atoms with E-state index in [9.17, 15) is 9.59 Å². The van der Waals surface area contributed by atoms with Crippen LogP contribution in [0.15, 0.2) is 24.3 Å². The average molecular weight is 430 g/mol. The zero-order valence-corrected chi connectivity index (χ0v) is 19.9. The van der Waals surface area contributed by atoms with Crippen LogP contribution in [0, 0.1) is 0 Å². The van der Waals surface area contributed by atoms with Crippen LogP contribution in [0.2, 0.25) is 0 Å². The van der Waals surface area contributed by atoms with Crippen LogP contribution in [-0.4, -0.2) is 29.9 Å².